The second-order valence-corrected chi connectivity index (χ2v) is 6.63. The Morgan fingerprint density at radius 1 is 1.44 bits per heavy atom. The highest BCUT2D eigenvalue weighted by Crippen LogP contribution is 2.29. The molecule has 1 saturated heterocycles. The van der Waals surface area contributed by atoms with Gasteiger partial charge in [0, 0.05) is 55.9 Å². The molecule has 0 aromatic carbocycles. The maximum absolute atomic E-state index is 9.08. The predicted molar refractivity (Wildman–Crippen MR) is 93.9 cm³/mol. The van der Waals surface area contributed by atoms with Crippen LogP contribution in [0.3, 0.4) is 0 Å². The smallest absolute Gasteiger partial charge is 0.224 e. The number of nitrogens with zero attached hydrogens (tertiary/aromatic N) is 4. The van der Waals surface area contributed by atoms with E-state index in [1.807, 2.05) is 0 Å². The Morgan fingerprint density at radius 3 is 3.16 bits per heavy atom. The van der Waals surface area contributed by atoms with E-state index in [9.17, 15) is 0 Å². The molecule has 0 saturated carbocycles. The number of aromatic amines is 1. The summed E-state index contributed by atoms with van der Waals surface area (Å²) in [5.74, 6) is 1.80. The van der Waals surface area contributed by atoms with Crippen LogP contribution in [0.4, 0.5) is 11.8 Å². The van der Waals surface area contributed by atoms with Gasteiger partial charge in [-0.15, -0.1) is 0 Å². The average molecular weight is 344 g/mol. The SMILES string of the molecule is Cc1[nH]nc2c1CN(c1cc([C@@H]3CCOC3)nc(NCCO)n1)CC2. The van der Waals surface area contributed by atoms with E-state index in [4.69, 9.17) is 9.84 Å². The Morgan fingerprint density at radius 2 is 2.36 bits per heavy atom. The minimum absolute atomic E-state index is 0.0523. The first-order valence-corrected chi connectivity index (χ1v) is 8.83. The summed E-state index contributed by atoms with van der Waals surface area (Å²) in [6.45, 7) is 5.73. The van der Waals surface area contributed by atoms with Crippen LogP contribution in [0, 0.1) is 6.92 Å². The maximum Gasteiger partial charge on any atom is 0.224 e. The molecule has 1 fully saturated rings. The largest absolute Gasteiger partial charge is 0.395 e. The Balaban J connectivity index is 1.63. The monoisotopic (exact) mass is 344 g/mol. The first kappa shape index (κ1) is 16.3. The average Bonchev–Trinajstić information content (AvgIpc) is 3.30. The number of anilines is 2. The summed E-state index contributed by atoms with van der Waals surface area (Å²) >= 11 is 0. The topological polar surface area (TPSA) is 99.2 Å². The van der Waals surface area contributed by atoms with E-state index in [0.29, 0.717) is 25.0 Å². The normalized spacial score (nSPS) is 19.9. The van der Waals surface area contributed by atoms with E-state index in [1.54, 1.807) is 0 Å². The van der Waals surface area contributed by atoms with Crippen LogP contribution in [0.1, 0.15) is 35.0 Å². The maximum atomic E-state index is 9.08. The summed E-state index contributed by atoms with van der Waals surface area (Å²) in [6, 6.07) is 2.09. The molecule has 4 heterocycles. The van der Waals surface area contributed by atoms with Crippen molar-refractivity contribution < 1.29 is 9.84 Å². The second-order valence-electron chi connectivity index (χ2n) is 6.63. The molecule has 25 heavy (non-hydrogen) atoms. The third kappa shape index (κ3) is 3.32. The number of aryl methyl sites for hydroxylation is 1. The minimum Gasteiger partial charge on any atom is -0.395 e. The molecule has 134 valence electrons. The van der Waals surface area contributed by atoms with Crippen LogP contribution in [0.15, 0.2) is 6.07 Å². The van der Waals surface area contributed by atoms with Crippen LogP contribution in [0.5, 0.6) is 0 Å². The van der Waals surface area contributed by atoms with Gasteiger partial charge < -0.3 is 20.1 Å². The lowest BCUT2D eigenvalue weighted by atomic mass is 10.0. The van der Waals surface area contributed by atoms with Crippen molar-refractivity contribution in [1.82, 2.24) is 20.2 Å². The van der Waals surface area contributed by atoms with Crippen molar-refractivity contribution in [2.24, 2.45) is 0 Å². The summed E-state index contributed by atoms with van der Waals surface area (Å²) < 4.78 is 5.52. The molecule has 8 nitrogen and oxygen atoms in total. The van der Waals surface area contributed by atoms with E-state index in [-0.39, 0.29) is 6.61 Å². The van der Waals surface area contributed by atoms with Gasteiger partial charge in [-0.05, 0) is 13.3 Å². The van der Waals surface area contributed by atoms with Gasteiger partial charge in [0.25, 0.3) is 0 Å². The molecule has 0 radical (unpaired) electrons. The first-order chi connectivity index (χ1) is 12.2. The molecule has 2 aliphatic heterocycles. The third-order valence-corrected chi connectivity index (χ3v) is 4.93. The zero-order valence-corrected chi connectivity index (χ0v) is 14.5. The lowest BCUT2D eigenvalue weighted by molar-refractivity contribution is 0.193. The fraction of sp³-hybridized carbons (Fsp3) is 0.588. The summed E-state index contributed by atoms with van der Waals surface area (Å²) in [7, 11) is 0. The second kappa shape index (κ2) is 6.97. The molecule has 0 aliphatic carbocycles. The summed E-state index contributed by atoms with van der Waals surface area (Å²) in [5.41, 5.74) is 4.56. The molecule has 2 aromatic rings. The third-order valence-electron chi connectivity index (χ3n) is 4.93. The molecule has 0 unspecified atom stereocenters. The molecule has 0 spiro atoms. The van der Waals surface area contributed by atoms with Crippen molar-refractivity contribution in [2.45, 2.75) is 32.2 Å². The van der Waals surface area contributed by atoms with E-state index in [0.717, 1.165) is 55.4 Å². The van der Waals surface area contributed by atoms with E-state index >= 15 is 0 Å². The molecule has 0 amide bonds. The lowest BCUT2D eigenvalue weighted by Gasteiger charge is -2.28. The number of nitrogens with one attached hydrogen (secondary N) is 2. The highest BCUT2D eigenvalue weighted by molar-refractivity contribution is 5.48. The lowest BCUT2D eigenvalue weighted by Crippen LogP contribution is -2.31. The Bertz CT molecular complexity index is 741. The fourth-order valence-electron chi connectivity index (χ4n) is 3.46. The van der Waals surface area contributed by atoms with E-state index in [2.05, 4.69) is 43.4 Å². The first-order valence-electron chi connectivity index (χ1n) is 8.83. The highest BCUT2D eigenvalue weighted by Gasteiger charge is 2.25. The van der Waals surface area contributed by atoms with Crippen LogP contribution in [0.25, 0.3) is 0 Å². The number of ether oxygens (including phenoxy) is 1. The van der Waals surface area contributed by atoms with Crippen LogP contribution >= 0.6 is 0 Å². The van der Waals surface area contributed by atoms with Gasteiger partial charge in [0.2, 0.25) is 5.95 Å². The number of aliphatic hydroxyl groups excluding tert-OH is 1. The van der Waals surface area contributed by atoms with Gasteiger partial charge in [-0.1, -0.05) is 0 Å². The van der Waals surface area contributed by atoms with Crippen molar-refractivity contribution in [3.63, 3.8) is 0 Å². The van der Waals surface area contributed by atoms with Gasteiger partial charge in [0.05, 0.1) is 24.6 Å². The predicted octanol–water partition coefficient (Wildman–Crippen LogP) is 0.979. The van der Waals surface area contributed by atoms with Gasteiger partial charge in [-0.2, -0.15) is 10.1 Å². The standard InChI is InChI=1S/C17H24N6O2/c1-11-13-9-23(5-2-14(13)22-21-11)16-8-15(12-3-7-25-10-12)19-17(20-16)18-4-6-24/h8,12,24H,2-7,9-10H2,1H3,(H,21,22)(H,18,19,20)/t12-/m1/s1. The van der Waals surface area contributed by atoms with Crippen LogP contribution in [0.2, 0.25) is 0 Å². The van der Waals surface area contributed by atoms with Crippen LogP contribution < -0.4 is 10.2 Å². The summed E-state index contributed by atoms with van der Waals surface area (Å²) in [5, 5.41) is 19.7. The molecule has 1 atom stereocenters. The molecular weight excluding hydrogens is 320 g/mol. The fourth-order valence-corrected chi connectivity index (χ4v) is 3.46. The van der Waals surface area contributed by atoms with Gasteiger partial charge in [0.15, 0.2) is 0 Å². The molecule has 8 heteroatoms. The van der Waals surface area contributed by atoms with Crippen molar-refractivity contribution in [3.05, 3.63) is 28.7 Å². The van der Waals surface area contributed by atoms with E-state index < -0.39 is 0 Å². The zero-order valence-electron chi connectivity index (χ0n) is 14.5. The van der Waals surface area contributed by atoms with E-state index in [1.165, 1.54) is 5.56 Å². The zero-order chi connectivity index (χ0) is 17.2. The number of fused-ring (bicyclic) bond motifs is 1. The van der Waals surface area contributed by atoms with Crippen molar-refractivity contribution in [3.8, 4) is 0 Å². The Hall–Kier alpha value is -2.19. The summed E-state index contributed by atoms with van der Waals surface area (Å²) in [6.07, 6.45) is 1.89. The molecule has 0 bridgehead atoms. The summed E-state index contributed by atoms with van der Waals surface area (Å²) in [4.78, 5) is 11.6. The van der Waals surface area contributed by atoms with Gasteiger partial charge in [-0.3, -0.25) is 5.10 Å². The molecule has 2 aromatic heterocycles. The number of aliphatic hydroxyl groups is 1. The molecule has 2 aliphatic rings. The molecule has 4 rings (SSSR count). The van der Waals surface area contributed by atoms with Crippen LogP contribution in [-0.2, 0) is 17.7 Å². The number of hydrogen-bond donors (Lipinski definition) is 3. The molecular formula is C17H24N6O2. The van der Waals surface area contributed by atoms with Crippen LogP contribution in [-0.4, -0.2) is 58.2 Å². The van der Waals surface area contributed by atoms with Gasteiger partial charge >= 0.3 is 0 Å². The minimum atomic E-state index is 0.0523. The molecule has 3 N–H and O–H groups in total. The van der Waals surface area contributed by atoms with Gasteiger partial charge in [0.1, 0.15) is 5.82 Å². The number of hydrogen-bond acceptors (Lipinski definition) is 7. The Kier molecular flexibility index (Phi) is 4.54. The van der Waals surface area contributed by atoms with Crippen molar-refractivity contribution in [1.29, 1.82) is 0 Å². The van der Waals surface area contributed by atoms with Crippen molar-refractivity contribution in [2.75, 3.05) is 43.1 Å². The number of aromatic nitrogens is 4. The Labute approximate surface area is 146 Å². The number of rotatable bonds is 5. The van der Waals surface area contributed by atoms with Gasteiger partial charge in [-0.25, -0.2) is 4.98 Å². The quantitative estimate of drug-likeness (QED) is 0.743. The highest BCUT2D eigenvalue weighted by atomic mass is 16.5. The number of H-pyrrole nitrogens is 1. The van der Waals surface area contributed by atoms with Crippen molar-refractivity contribution >= 4 is 11.8 Å².